The van der Waals surface area contributed by atoms with E-state index in [0.717, 1.165) is 15.4 Å². The van der Waals surface area contributed by atoms with Crippen molar-refractivity contribution in [2.24, 2.45) is 5.92 Å². The molecule has 1 aliphatic carbocycles. The van der Waals surface area contributed by atoms with Crippen molar-refractivity contribution in [3.8, 4) is 0 Å². The van der Waals surface area contributed by atoms with Gasteiger partial charge in [0.25, 0.3) is 0 Å². The first-order valence-corrected chi connectivity index (χ1v) is 5.65. The second kappa shape index (κ2) is 2.98. The van der Waals surface area contributed by atoms with Gasteiger partial charge in [-0.2, -0.15) is 0 Å². The van der Waals surface area contributed by atoms with Crippen LogP contribution in [0.2, 0.25) is 6.55 Å². The van der Waals surface area contributed by atoms with Crippen molar-refractivity contribution in [3.63, 3.8) is 0 Å². The number of allylic oxidation sites excluding steroid dienone is 4. The molecule has 1 heteroatoms. The molecular weight excluding hydrogens is 148 g/mol. The third-order valence-corrected chi connectivity index (χ3v) is 4.26. The normalized spacial score (nSPS) is 25.4. The summed E-state index contributed by atoms with van der Waals surface area (Å²) in [6.45, 7) is 11.4. The molecule has 0 spiro atoms. The lowest BCUT2D eigenvalue weighted by Gasteiger charge is -2.08. The Morgan fingerprint density at radius 1 is 1.09 bits per heavy atom. The van der Waals surface area contributed by atoms with Crippen LogP contribution in [-0.4, -0.2) is 9.52 Å². The highest BCUT2D eigenvalue weighted by Gasteiger charge is 2.21. The van der Waals surface area contributed by atoms with Crippen molar-refractivity contribution < 1.29 is 0 Å². The van der Waals surface area contributed by atoms with Crippen molar-refractivity contribution in [2.75, 3.05) is 0 Å². The molecular formula is C10H16Si. The van der Waals surface area contributed by atoms with Crippen LogP contribution in [0.1, 0.15) is 27.7 Å². The quantitative estimate of drug-likeness (QED) is 0.523. The largest absolute Gasteiger partial charge is 0.0757 e. The first-order chi connectivity index (χ1) is 5.09. The van der Waals surface area contributed by atoms with E-state index >= 15 is 0 Å². The van der Waals surface area contributed by atoms with Crippen molar-refractivity contribution in [1.29, 1.82) is 0 Å². The van der Waals surface area contributed by atoms with Gasteiger partial charge in [0.05, 0.1) is 9.52 Å². The van der Waals surface area contributed by atoms with E-state index in [1.54, 1.807) is 16.3 Å². The minimum absolute atomic E-state index is 0.721. The minimum Gasteiger partial charge on any atom is -0.0757 e. The summed E-state index contributed by atoms with van der Waals surface area (Å²) in [6, 6.07) is 0. The molecule has 0 N–H and O–H groups in total. The zero-order chi connectivity index (χ0) is 8.59. The fourth-order valence-corrected chi connectivity index (χ4v) is 2.98. The van der Waals surface area contributed by atoms with E-state index in [1.807, 2.05) is 0 Å². The fraction of sp³-hybridized carbons (Fsp3) is 0.600. The lowest BCUT2D eigenvalue weighted by atomic mass is 10.1. The van der Waals surface area contributed by atoms with E-state index in [0.29, 0.717) is 0 Å². The first-order valence-electron chi connectivity index (χ1n) is 4.15. The van der Waals surface area contributed by atoms with Crippen LogP contribution in [0.5, 0.6) is 0 Å². The van der Waals surface area contributed by atoms with Gasteiger partial charge in [-0.25, -0.2) is 0 Å². The topological polar surface area (TPSA) is 0 Å². The van der Waals surface area contributed by atoms with Crippen LogP contribution >= 0.6 is 0 Å². The Bertz CT molecular complexity index is 233. The van der Waals surface area contributed by atoms with Crippen LogP contribution < -0.4 is 0 Å². The maximum atomic E-state index is 2.32. The van der Waals surface area contributed by atoms with Crippen molar-refractivity contribution in [3.05, 3.63) is 21.9 Å². The zero-order valence-corrected chi connectivity index (χ0v) is 9.08. The van der Waals surface area contributed by atoms with Gasteiger partial charge in [-0.1, -0.05) is 29.8 Å². The molecule has 0 saturated heterocycles. The van der Waals surface area contributed by atoms with Crippen LogP contribution in [0.3, 0.4) is 0 Å². The summed E-state index contributed by atoms with van der Waals surface area (Å²) in [5, 5.41) is 1.67. The maximum Gasteiger partial charge on any atom is 0.0727 e. The molecule has 1 aliphatic rings. The summed E-state index contributed by atoms with van der Waals surface area (Å²) < 4.78 is 0. The molecule has 11 heavy (non-hydrogen) atoms. The molecule has 0 saturated carbocycles. The third-order valence-electron chi connectivity index (χ3n) is 2.91. The van der Waals surface area contributed by atoms with Gasteiger partial charge >= 0.3 is 0 Å². The summed E-state index contributed by atoms with van der Waals surface area (Å²) >= 11 is 0. The highest BCUT2D eigenvalue weighted by Crippen LogP contribution is 2.35. The lowest BCUT2D eigenvalue weighted by molar-refractivity contribution is 0.855. The van der Waals surface area contributed by atoms with Gasteiger partial charge in [0, 0.05) is 0 Å². The highest BCUT2D eigenvalue weighted by atomic mass is 28.2. The third kappa shape index (κ3) is 1.22. The lowest BCUT2D eigenvalue weighted by Crippen LogP contribution is -2.01. The van der Waals surface area contributed by atoms with Crippen LogP contribution in [0, 0.1) is 5.92 Å². The highest BCUT2D eigenvalue weighted by molar-refractivity contribution is 6.44. The van der Waals surface area contributed by atoms with E-state index in [2.05, 4.69) is 34.2 Å². The average molecular weight is 164 g/mol. The Balaban J connectivity index is 3.04. The van der Waals surface area contributed by atoms with Crippen LogP contribution in [-0.2, 0) is 0 Å². The van der Waals surface area contributed by atoms with E-state index in [9.17, 15) is 0 Å². The summed E-state index contributed by atoms with van der Waals surface area (Å²) in [5.74, 6) is 0.721. The Hall–Kier alpha value is -0.303. The summed E-state index contributed by atoms with van der Waals surface area (Å²) in [4.78, 5) is 0. The second-order valence-electron chi connectivity index (χ2n) is 3.32. The van der Waals surface area contributed by atoms with E-state index in [1.165, 1.54) is 5.57 Å². The zero-order valence-electron chi connectivity index (χ0n) is 8.08. The molecule has 0 aromatic carbocycles. The van der Waals surface area contributed by atoms with Gasteiger partial charge in [-0.15, -0.1) is 0 Å². The Morgan fingerprint density at radius 2 is 1.64 bits per heavy atom. The number of rotatable bonds is 1. The van der Waals surface area contributed by atoms with Crippen LogP contribution in [0.4, 0.5) is 0 Å². The van der Waals surface area contributed by atoms with Gasteiger partial charge in [0.1, 0.15) is 0 Å². The first kappa shape index (κ1) is 8.79. The molecule has 1 atom stereocenters. The molecule has 0 bridgehead atoms. The van der Waals surface area contributed by atoms with Gasteiger partial charge in [0.2, 0.25) is 0 Å². The smallest absolute Gasteiger partial charge is 0.0727 e. The van der Waals surface area contributed by atoms with Crippen molar-refractivity contribution in [1.82, 2.24) is 0 Å². The van der Waals surface area contributed by atoms with Gasteiger partial charge in [-0.05, 0) is 32.3 Å². The SMILES string of the molecule is C[Si]C1=C(C)C(C)=C(C)C1C. The predicted molar refractivity (Wildman–Crippen MR) is 51.9 cm³/mol. The van der Waals surface area contributed by atoms with Gasteiger partial charge < -0.3 is 0 Å². The Morgan fingerprint density at radius 3 is 1.82 bits per heavy atom. The molecule has 0 nitrogen and oxygen atoms in total. The summed E-state index contributed by atoms with van der Waals surface area (Å²) in [7, 11) is 0.982. The maximum absolute atomic E-state index is 2.32. The number of hydrogen-bond acceptors (Lipinski definition) is 0. The van der Waals surface area contributed by atoms with Crippen molar-refractivity contribution in [2.45, 2.75) is 34.2 Å². The van der Waals surface area contributed by atoms with Gasteiger partial charge in [0.15, 0.2) is 0 Å². The van der Waals surface area contributed by atoms with Gasteiger partial charge in [-0.3, -0.25) is 0 Å². The van der Waals surface area contributed by atoms with Crippen molar-refractivity contribution >= 4 is 9.52 Å². The molecule has 0 aromatic heterocycles. The summed E-state index contributed by atoms with van der Waals surface area (Å²) in [6.07, 6.45) is 0. The molecule has 60 valence electrons. The Labute approximate surface area is 72.2 Å². The second-order valence-corrected chi connectivity index (χ2v) is 4.36. The molecule has 0 fully saturated rings. The van der Waals surface area contributed by atoms with E-state index in [4.69, 9.17) is 0 Å². The molecule has 1 rings (SSSR count). The predicted octanol–water partition coefficient (Wildman–Crippen LogP) is 3.00. The molecule has 0 heterocycles. The molecule has 1 unspecified atom stereocenters. The molecule has 0 aromatic rings. The van der Waals surface area contributed by atoms with E-state index in [-0.39, 0.29) is 0 Å². The molecule has 0 amide bonds. The van der Waals surface area contributed by atoms with E-state index < -0.39 is 0 Å². The Kier molecular flexibility index (Phi) is 2.38. The average Bonchev–Trinajstić information content (AvgIpc) is 2.17. The van der Waals surface area contributed by atoms with Crippen LogP contribution in [0.25, 0.3) is 0 Å². The fourth-order valence-electron chi connectivity index (χ4n) is 1.77. The molecule has 2 radical (unpaired) electrons. The standard InChI is InChI=1S/C10H16Si/c1-6-7(2)9(4)10(11-5)8(6)3/h8H,1-5H3. The van der Waals surface area contributed by atoms with Crippen LogP contribution in [0.15, 0.2) is 21.9 Å². The number of hydrogen-bond donors (Lipinski definition) is 0. The monoisotopic (exact) mass is 164 g/mol. The summed E-state index contributed by atoms with van der Waals surface area (Å²) in [5.41, 5.74) is 4.66. The minimum atomic E-state index is 0.721. The molecule has 0 aliphatic heterocycles.